The maximum atomic E-state index is 3.70. The summed E-state index contributed by atoms with van der Waals surface area (Å²) in [6.07, 6.45) is 8.94. The first-order valence-electron chi connectivity index (χ1n) is 7.58. The van der Waals surface area contributed by atoms with E-state index in [1.165, 1.54) is 55.5 Å². The molecule has 1 fully saturated rings. The highest BCUT2D eigenvalue weighted by Gasteiger charge is 2.29. The van der Waals surface area contributed by atoms with E-state index in [4.69, 9.17) is 0 Å². The molecule has 106 valence electrons. The van der Waals surface area contributed by atoms with Gasteiger partial charge >= 0.3 is 0 Å². The van der Waals surface area contributed by atoms with Crippen molar-refractivity contribution >= 4 is 11.8 Å². The number of hydrogen-bond donors (Lipinski definition) is 1. The van der Waals surface area contributed by atoms with Crippen molar-refractivity contribution in [1.82, 2.24) is 5.32 Å². The zero-order chi connectivity index (χ0) is 13.5. The van der Waals surface area contributed by atoms with Crippen LogP contribution in [0.1, 0.15) is 49.1 Å². The summed E-state index contributed by atoms with van der Waals surface area (Å²) in [6.45, 7) is 3.37. The van der Waals surface area contributed by atoms with Crippen LogP contribution in [0.2, 0.25) is 0 Å². The summed E-state index contributed by atoms with van der Waals surface area (Å²) in [5, 5.41) is 3.70. The number of rotatable bonds is 8. The van der Waals surface area contributed by atoms with Crippen LogP contribution in [0.4, 0.5) is 0 Å². The van der Waals surface area contributed by atoms with E-state index in [0.717, 1.165) is 12.0 Å². The van der Waals surface area contributed by atoms with Crippen molar-refractivity contribution in [3.8, 4) is 0 Å². The normalized spacial score (nSPS) is 22.2. The number of thioether (sulfide) groups is 1. The summed E-state index contributed by atoms with van der Waals surface area (Å²) in [6, 6.07) is 9.85. The van der Waals surface area contributed by atoms with Crippen LogP contribution in [0.3, 0.4) is 0 Å². The Balaban J connectivity index is 1.55. The zero-order valence-electron chi connectivity index (χ0n) is 12.3. The fraction of sp³-hybridized carbons (Fsp3) is 0.647. The van der Waals surface area contributed by atoms with Gasteiger partial charge in [-0.3, -0.25) is 0 Å². The summed E-state index contributed by atoms with van der Waals surface area (Å²) in [4.78, 5) is 0. The van der Waals surface area contributed by atoms with Gasteiger partial charge in [0, 0.05) is 6.04 Å². The second-order valence-corrected chi connectivity index (χ2v) is 6.77. The minimum atomic E-state index is 0.770. The molecule has 1 aliphatic carbocycles. The Hall–Kier alpha value is -0.470. The predicted octanol–water partition coefficient (Wildman–Crippen LogP) is 4.36. The molecule has 1 aliphatic rings. The highest BCUT2D eigenvalue weighted by atomic mass is 32.2. The Morgan fingerprint density at radius 3 is 2.53 bits per heavy atom. The summed E-state index contributed by atoms with van der Waals surface area (Å²) < 4.78 is 0. The SMILES string of the molecule is CSCCCCCNC1CC(c2ccc(C)cc2)C1. The highest BCUT2D eigenvalue weighted by Crippen LogP contribution is 2.36. The molecule has 0 radical (unpaired) electrons. The molecule has 1 aromatic carbocycles. The Kier molecular flexibility index (Phi) is 6.25. The molecular weight excluding hydrogens is 250 g/mol. The van der Waals surface area contributed by atoms with Gasteiger partial charge in [0.2, 0.25) is 0 Å². The lowest BCUT2D eigenvalue weighted by atomic mass is 9.76. The highest BCUT2D eigenvalue weighted by molar-refractivity contribution is 7.98. The first kappa shape index (κ1) is 14.9. The molecule has 0 amide bonds. The molecule has 1 aromatic rings. The van der Waals surface area contributed by atoms with Crippen molar-refractivity contribution in [2.75, 3.05) is 18.6 Å². The van der Waals surface area contributed by atoms with Gasteiger partial charge in [-0.15, -0.1) is 0 Å². The van der Waals surface area contributed by atoms with E-state index < -0.39 is 0 Å². The predicted molar refractivity (Wildman–Crippen MR) is 87.2 cm³/mol. The van der Waals surface area contributed by atoms with Gasteiger partial charge in [-0.25, -0.2) is 0 Å². The quantitative estimate of drug-likeness (QED) is 0.708. The summed E-state index contributed by atoms with van der Waals surface area (Å²) >= 11 is 1.96. The smallest absolute Gasteiger partial charge is 0.00787 e. The first-order valence-corrected chi connectivity index (χ1v) is 8.98. The van der Waals surface area contributed by atoms with Gasteiger partial charge in [-0.2, -0.15) is 11.8 Å². The molecule has 0 spiro atoms. The van der Waals surface area contributed by atoms with Gasteiger partial charge in [-0.1, -0.05) is 36.2 Å². The molecule has 0 saturated heterocycles. The number of benzene rings is 1. The lowest BCUT2D eigenvalue weighted by molar-refractivity contribution is 0.290. The lowest BCUT2D eigenvalue weighted by Crippen LogP contribution is -2.40. The average molecular weight is 277 g/mol. The molecular formula is C17H27NS. The van der Waals surface area contributed by atoms with E-state index in [-0.39, 0.29) is 0 Å². The van der Waals surface area contributed by atoms with Crippen LogP contribution in [0.25, 0.3) is 0 Å². The van der Waals surface area contributed by atoms with E-state index >= 15 is 0 Å². The second-order valence-electron chi connectivity index (χ2n) is 5.78. The van der Waals surface area contributed by atoms with Gasteiger partial charge in [0.15, 0.2) is 0 Å². The van der Waals surface area contributed by atoms with Gasteiger partial charge in [-0.05, 0) is 62.6 Å². The third-order valence-electron chi connectivity index (χ3n) is 4.15. The molecule has 19 heavy (non-hydrogen) atoms. The van der Waals surface area contributed by atoms with Crippen LogP contribution in [0.15, 0.2) is 24.3 Å². The molecule has 1 N–H and O–H groups in total. The first-order chi connectivity index (χ1) is 9.29. The molecule has 0 aromatic heterocycles. The Bertz CT molecular complexity index is 354. The summed E-state index contributed by atoms with van der Waals surface area (Å²) in [5.74, 6) is 2.12. The summed E-state index contributed by atoms with van der Waals surface area (Å²) in [7, 11) is 0. The Morgan fingerprint density at radius 2 is 1.84 bits per heavy atom. The van der Waals surface area contributed by atoms with Crippen molar-refractivity contribution < 1.29 is 0 Å². The molecule has 0 heterocycles. The van der Waals surface area contributed by atoms with E-state index in [2.05, 4.69) is 42.8 Å². The van der Waals surface area contributed by atoms with Gasteiger partial charge in [0.25, 0.3) is 0 Å². The lowest BCUT2D eigenvalue weighted by Gasteiger charge is -2.36. The van der Waals surface area contributed by atoms with Crippen molar-refractivity contribution in [3.05, 3.63) is 35.4 Å². The van der Waals surface area contributed by atoms with Crippen molar-refractivity contribution in [2.45, 2.75) is 51.0 Å². The van der Waals surface area contributed by atoms with Crippen LogP contribution in [-0.2, 0) is 0 Å². The zero-order valence-corrected chi connectivity index (χ0v) is 13.1. The third-order valence-corrected chi connectivity index (χ3v) is 4.84. The van der Waals surface area contributed by atoms with Gasteiger partial charge in [0.1, 0.15) is 0 Å². The molecule has 0 atom stereocenters. The van der Waals surface area contributed by atoms with Crippen LogP contribution < -0.4 is 5.32 Å². The van der Waals surface area contributed by atoms with E-state index in [1.54, 1.807) is 0 Å². The molecule has 0 unspecified atom stereocenters. The van der Waals surface area contributed by atoms with Crippen molar-refractivity contribution in [1.29, 1.82) is 0 Å². The van der Waals surface area contributed by atoms with E-state index in [0.29, 0.717) is 0 Å². The largest absolute Gasteiger partial charge is 0.314 e. The minimum absolute atomic E-state index is 0.770. The van der Waals surface area contributed by atoms with Gasteiger partial charge in [0.05, 0.1) is 0 Å². The van der Waals surface area contributed by atoms with Crippen LogP contribution >= 0.6 is 11.8 Å². The number of aryl methyl sites for hydroxylation is 1. The van der Waals surface area contributed by atoms with Crippen molar-refractivity contribution in [2.24, 2.45) is 0 Å². The van der Waals surface area contributed by atoms with Crippen molar-refractivity contribution in [3.63, 3.8) is 0 Å². The molecule has 0 bridgehead atoms. The molecule has 1 saturated carbocycles. The minimum Gasteiger partial charge on any atom is -0.314 e. The summed E-state index contributed by atoms with van der Waals surface area (Å²) in [5.41, 5.74) is 2.90. The fourth-order valence-electron chi connectivity index (χ4n) is 2.75. The molecule has 2 heteroatoms. The van der Waals surface area contributed by atoms with E-state index in [1.807, 2.05) is 11.8 Å². The average Bonchev–Trinajstić information content (AvgIpc) is 2.37. The van der Waals surface area contributed by atoms with Crippen LogP contribution in [0.5, 0.6) is 0 Å². The van der Waals surface area contributed by atoms with Crippen LogP contribution in [-0.4, -0.2) is 24.6 Å². The fourth-order valence-corrected chi connectivity index (χ4v) is 3.24. The number of nitrogens with one attached hydrogen (secondary N) is 1. The maximum absolute atomic E-state index is 3.70. The van der Waals surface area contributed by atoms with Crippen LogP contribution in [0, 0.1) is 6.92 Å². The monoisotopic (exact) mass is 277 g/mol. The Labute approximate surface area is 122 Å². The second kappa shape index (κ2) is 7.96. The topological polar surface area (TPSA) is 12.0 Å². The standard InChI is InChI=1S/C17H27NS/c1-14-6-8-15(9-7-14)16-12-17(13-16)18-10-4-3-5-11-19-2/h6-9,16-18H,3-5,10-13H2,1-2H3. The number of unbranched alkanes of at least 4 members (excludes halogenated alkanes) is 2. The molecule has 1 nitrogen and oxygen atoms in total. The third kappa shape index (κ3) is 4.85. The van der Waals surface area contributed by atoms with E-state index in [9.17, 15) is 0 Å². The molecule has 2 rings (SSSR count). The number of hydrogen-bond acceptors (Lipinski definition) is 2. The maximum Gasteiger partial charge on any atom is 0.00787 e. The Morgan fingerprint density at radius 1 is 1.11 bits per heavy atom. The van der Waals surface area contributed by atoms with Gasteiger partial charge < -0.3 is 5.32 Å². The molecule has 0 aliphatic heterocycles.